The number of anilines is 1. The molecule has 5 atom stereocenters. The molecular formula is C56H27NO4. The van der Waals surface area contributed by atoms with Gasteiger partial charge in [0.2, 0.25) is 0 Å². The molecule has 280 valence electrons. The van der Waals surface area contributed by atoms with Crippen LogP contribution in [0.5, 0.6) is 0 Å². The highest BCUT2D eigenvalue weighted by atomic mass is 16.5. The largest absolute Gasteiger partial charge is 0.466 e. The molecular weight excluding hydrogens is 751 g/mol. The minimum atomic E-state index is -0.520. The third-order valence-corrected chi connectivity index (χ3v) is 17.8. The summed E-state index contributed by atoms with van der Waals surface area (Å²) in [4.78, 5) is 31.7. The number of methoxy groups -OCH3 is 2. The number of nitrogens with zero attached hydrogens (tertiary/aromatic N) is 1. The highest BCUT2D eigenvalue weighted by Gasteiger charge is 2.60. The van der Waals surface area contributed by atoms with E-state index in [2.05, 4.69) is 78.6 Å². The lowest BCUT2D eigenvalue weighted by atomic mass is 9.62. The molecule has 0 bridgehead atoms. The van der Waals surface area contributed by atoms with E-state index in [-0.39, 0.29) is 29.5 Å². The SMILES string of the molecule is COC(=O)C1=C(C(=O)OC)N2c3ccccc3C(C)=CC2C2C3=C4C=CC5=c6ccc7c8ccc9c%10ccc%11c(c%12c3c3c%13c%14c(c6c7c6c8c9c7c%10c%11c%12c%13c7c%146)C5C43)C12. The number of rotatable bonds is 2. The average Bonchev–Trinajstić information content (AvgIpc) is 4.12. The first-order chi connectivity index (χ1) is 30.0. The van der Waals surface area contributed by atoms with Crippen molar-refractivity contribution >= 4 is 142 Å². The van der Waals surface area contributed by atoms with Crippen LogP contribution in [0.4, 0.5) is 5.69 Å². The first-order valence-electron chi connectivity index (χ1n) is 21.7. The third kappa shape index (κ3) is 2.36. The van der Waals surface area contributed by atoms with Crippen LogP contribution in [-0.4, -0.2) is 32.2 Å². The highest BCUT2D eigenvalue weighted by Crippen LogP contribution is 2.75. The Morgan fingerprint density at radius 1 is 0.541 bits per heavy atom. The molecule has 0 fully saturated rings. The molecule has 0 saturated heterocycles. The molecule has 12 aromatic rings. The molecule has 12 aromatic carbocycles. The zero-order valence-corrected chi connectivity index (χ0v) is 33.0. The van der Waals surface area contributed by atoms with Crippen molar-refractivity contribution in [3.63, 3.8) is 0 Å². The molecule has 0 spiro atoms. The number of hydrogen-bond acceptors (Lipinski definition) is 5. The monoisotopic (exact) mass is 777 g/mol. The summed E-state index contributed by atoms with van der Waals surface area (Å²) in [5, 5.41) is 29.5. The van der Waals surface area contributed by atoms with Gasteiger partial charge in [-0.1, -0.05) is 72.8 Å². The van der Waals surface area contributed by atoms with Gasteiger partial charge in [-0.3, -0.25) is 0 Å². The van der Waals surface area contributed by atoms with Gasteiger partial charge in [0.1, 0.15) is 5.70 Å². The number of allylic oxidation sites excluding steroid dienone is 4. The normalized spacial score (nSPS) is 24.1. The number of para-hydroxylation sites is 1. The Morgan fingerprint density at radius 2 is 1.11 bits per heavy atom. The minimum absolute atomic E-state index is 0.161. The number of esters is 2. The number of ether oxygens (including phenoxy) is 2. The van der Waals surface area contributed by atoms with Gasteiger partial charge in [-0.25, -0.2) is 9.59 Å². The van der Waals surface area contributed by atoms with Crippen molar-refractivity contribution in [3.05, 3.63) is 129 Å². The van der Waals surface area contributed by atoms with E-state index in [0.29, 0.717) is 5.57 Å². The molecule has 5 aliphatic carbocycles. The van der Waals surface area contributed by atoms with E-state index in [0.717, 1.165) is 11.3 Å². The lowest BCUT2D eigenvalue weighted by molar-refractivity contribution is -0.140. The Hall–Kier alpha value is -7.24. The summed E-state index contributed by atoms with van der Waals surface area (Å²) in [5.74, 6) is -1.28. The zero-order valence-electron chi connectivity index (χ0n) is 33.0. The van der Waals surface area contributed by atoms with Gasteiger partial charge in [-0.05, 0) is 170 Å². The van der Waals surface area contributed by atoms with Crippen LogP contribution < -0.4 is 10.1 Å². The predicted octanol–water partition coefficient (Wildman–Crippen LogP) is 11.3. The van der Waals surface area contributed by atoms with Crippen LogP contribution in [0.3, 0.4) is 0 Å². The maximum absolute atomic E-state index is 15.0. The van der Waals surface area contributed by atoms with Gasteiger partial charge < -0.3 is 14.4 Å². The van der Waals surface area contributed by atoms with Gasteiger partial charge in [-0.2, -0.15) is 0 Å². The van der Waals surface area contributed by atoms with Gasteiger partial charge >= 0.3 is 11.9 Å². The summed E-state index contributed by atoms with van der Waals surface area (Å²) in [7, 11) is 2.89. The van der Waals surface area contributed by atoms with Crippen LogP contribution in [0, 0.1) is 5.92 Å². The smallest absolute Gasteiger partial charge is 0.355 e. The Morgan fingerprint density at radius 3 is 1.85 bits per heavy atom. The predicted molar refractivity (Wildman–Crippen MR) is 244 cm³/mol. The van der Waals surface area contributed by atoms with E-state index >= 15 is 0 Å². The minimum Gasteiger partial charge on any atom is -0.466 e. The second-order valence-corrected chi connectivity index (χ2v) is 19.3. The highest BCUT2D eigenvalue weighted by molar-refractivity contribution is 6.62. The van der Waals surface area contributed by atoms with Gasteiger partial charge in [0.25, 0.3) is 0 Å². The second kappa shape index (κ2) is 8.27. The van der Waals surface area contributed by atoms with Gasteiger partial charge in [-0.15, -0.1) is 0 Å². The van der Waals surface area contributed by atoms with Gasteiger partial charge in [0, 0.05) is 34.9 Å². The van der Waals surface area contributed by atoms with Crippen LogP contribution in [0.15, 0.2) is 95.7 Å². The summed E-state index contributed by atoms with van der Waals surface area (Å²) in [6.45, 7) is 2.20. The summed E-state index contributed by atoms with van der Waals surface area (Å²) < 4.78 is 11.5. The van der Waals surface area contributed by atoms with E-state index < -0.39 is 17.9 Å². The summed E-state index contributed by atoms with van der Waals surface area (Å²) >= 11 is 0. The van der Waals surface area contributed by atoms with E-state index in [1.807, 2.05) is 12.1 Å². The number of hydrogen-bond donors (Lipinski definition) is 0. The van der Waals surface area contributed by atoms with Crippen LogP contribution in [-0.2, 0) is 19.1 Å². The molecule has 61 heavy (non-hydrogen) atoms. The third-order valence-electron chi connectivity index (χ3n) is 17.8. The summed E-state index contributed by atoms with van der Waals surface area (Å²) in [6, 6.07) is 22.5. The maximum Gasteiger partial charge on any atom is 0.355 e. The molecule has 0 radical (unpaired) electrons. The molecule has 19 rings (SSSR count). The molecule has 7 aliphatic rings. The lowest BCUT2D eigenvalue weighted by Gasteiger charge is -2.51. The molecule has 0 saturated carbocycles. The van der Waals surface area contributed by atoms with E-state index in [1.54, 1.807) is 5.56 Å². The van der Waals surface area contributed by atoms with Crippen LogP contribution >= 0.6 is 0 Å². The quantitative estimate of drug-likeness (QED) is 0.129. The topological polar surface area (TPSA) is 55.8 Å². The van der Waals surface area contributed by atoms with Crippen molar-refractivity contribution < 1.29 is 19.1 Å². The molecule has 5 nitrogen and oxygen atoms in total. The number of carbonyl (C=O) groups is 2. The number of carbonyl (C=O) groups excluding carboxylic acids is 2. The van der Waals surface area contributed by atoms with Crippen LogP contribution in [0.25, 0.3) is 124 Å². The molecule has 0 aromatic heterocycles. The number of fused-ring (bicyclic) bond motifs is 10. The average molecular weight is 778 g/mol. The summed E-state index contributed by atoms with van der Waals surface area (Å²) in [6.07, 6.45) is 7.31. The zero-order chi connectivity index (χ0) is 39.3. The lowest BCUT2D eigenvalue weighted by Crippen LogP contribution is -2.52. The number of benzene rings is 8. The fourth-order valence-electron chi connectivity index (χ4n) is 16.4. The van der Waals surface area contributed by atoms with Crippen molar-refractivity contribution in [1.29, 1.82) is 0 Å². The standard InChI is InChI=1S/C56H27NO4/c1-17-16-28-39-37-25-14-12-23-21-10-8-19-20-9-11-22-24-13-15-26-36-34(24)42-32(22)30(20)40-29(19)31(21)41-33(23)35(25)44-46(37)47(45(36)52-50(42)48(40)49(41)51(44)52)38(26)43(39)53(55(58)60-2)54(56(59)61-3)57(28)27-7-5-4-6-18(17)27/h4-16,28,33,35,39,43H,1-3H3. The van der Waals surface area contributed by atoms with Gasteiger partial charge in [0.15, 0.2) is 0 Å². The van der Waals surface area contributed by atoms with E-state index in [4.69, 9.17) is 9.47 Å². The Labute approximate surface area is 344 Å². The van der Waals surface area contributed by atoms with E-state index in [1.165, 1.54) is 166 Å². The van der Waals surface area contributed by atoms with Crippen LogP contribution in [0.2, 0.25) is 0 Å². The Balaban J connectivity index is 1.15. The van der Waals surface area contributed by atoms with Crippen molar-refractivity contribution in [1.82, 2.24) is 0 Å². The molecule has 5 unspecified atom stereocenters. The van der Waals surface area contributed by atoms with Crippen molar-refractivity contribution in [2.75, 3.05) is 19.1 Å². The van der Waals surface area contributed by atoms with Crippen molar-refractivity contribution in [2.45, 2.75) is 30.7 Å². The van der Waals surface area contributed by atoms with Crippen molar-refractivity contribution in [2.24, 2.45) is 5.92 Å². The first-order valence-corrected chi connectivity index (χ1v) is 21.7. The fourth-order valence-corrected chi connectivity index (χ4v) is 16.4. The summed E-state index contributed by atoms with van der Waals surface area (Å²) in [5.41, 5.74) is 13.7. The Bertz CT molecular complexity index is 4500. The molecule has 0 N–H and O–H groups in total. The molecule has 2 aliphatic heterocycles. The molecule has 0 amide bonds. The fraction of sp³-hybridized carbons (Fsp3) is 0.143. The van der Waals surface area contributed by atoms with E-state index in [9.17, 15) is 9.59 Å². The maximum atomic E-state index is 15.0. The van der Waals surface area contributed by atoms with Gasteiger partial charge in [0.05, 0.1) is 25.8 Å². The Kier molecular flexibility index (Phi) is 3.94. The van der Waals surface area contributed by atoms with Crippen LogP contribution in [0.1, 0.15) is 52.5 Å². The molecule has 2 heterocycles. The first kappa shape index (κ1) is 29.1. The second-order valence-electron chi connectivity index (χ2n) is 19.3. The van der Waals surface area contributed by atoms with Crippen molar-refractivity contribution in [3.8, 4) is 0 Å². The molecule has 5 heteroatoms.